The summed E-state index contributed by atoms with van der Waals surface area (Å²) in [6.07, 6.45) is 10.7. The zero-order valence-electron chi connectivity index (χ0n) is 12.2. The number of carbonyl (C=O) groups is 1. The maximum Gasteiger partial charge on any atom is 0.298 e. The van der Waals surface area contributed by atoms with Gasteiger partial charge in [-0.05, 0) is 37.0 Å². The van der Waals surface area contributed by atoms with E-state index in [2.05, 4.69) is 15.9 Å². The zero-order valence-corrected chi connectivity index (χ0v) is 13.8. The Balaban J connectivity index is 1.57. The summed E-state index contributed by atoms with van der Waals surface area (Å²) < 4.78 is 10.8. The van der Waals surface area contributed by atoms with Gasteiger partial charge in [0.2, 0.25) is 5.91 Å². The Morgan fingerprint density at radius 3 is 2.73 bits per heavy atom. The third kappa shape index (κ3) is 3.71. The van der Waals surface area contributed by atoms with Gasteiger partial charge in [0.1, 0.15) is 0 Å². The molecule has 1 aromatic carbocycles. The molecule has 0 aromatic heterocycles. The average Bonchev–Trinajstić information content (AvgIpc) is 2.91. The van der Waals surface area contributed by atoms with Gasteiger partial charge in [0.15, 0.2) is 11.5 Å². The molecular weight excluding hydrogens is 346 g/mol. The summed E-state index contributed by atoms with van der Waals surface area (Å²) in [6.45, 7) is 1.76. The SMILES string of the molecule is O=C(C=CC=Cc1ccc2c(c1)OC(Br)O2)N1CCCCC1. The van der Waals surface area contributed by atoms with Crippen molar-refractivity contribution >= 4 is 27.9 Å². The third-order valence-electron chi connectivity index (χ3n) is 3.71. The van der Waals surface area contributed by atoms with Gasteiger partial charge in [0, 0.05) is 35.1 Å². The van der Waals surface area contributed by atoms with Crippen LogP contribution in [-0.4, -0.2) is 29.1 Å². The Hall–Kier alpha value is -1.75. The Bertz CT molecular complexity index is 606. The van der Waals surface area contributed by atoms with E-state index in [1.54, 1.807) is 12.2 Å². The summed E-state index contributed by atoms with van der Waals surface area (Å²) in [4.78, 5) is 13.9. The quantitative estimate of drug-likeness (QED) is 0.466. The van der Waals surface area contributed by atoms with Crippen LogP contribution in [0.1, 0.15) is 24.8 Å². The highest BCUT2D eigenvalue weighted by atomic mass is 79.9. The van der Waals surface area contributed by atoms with Gasteiger partial charge < -0.3 is 14.4 Å². The van der Waals surface area contributed by atoms with Crippen LogP contribution >= 0.6 is 15.9 Å². The van der Waals surface area contributed by atoms with Crippen LogP contribution < -0.4 is 9.47 Å². The van der Waals surface area contributed by atoms with Crippen molar-refractivity contribution < 1.29 is 14.3 Å². The molecule has 1 unspecified atom stereocenters. The number of nitrogens with zero attached hydrogens (tertiary/aromatic N) is 1. The van der Waals surface area contributed by atoms with E-state index in [0.29, 0.717) is 0 Å². The van der Waals surface area contributed by atoms with Crippen LogP contribution in [0.5, 0.6) is 11.5 Å². The maximum absolute atomic E-state index is 12.0. The second kappa shape index (κ2) is 7.01. The fraction of sp³-hybridized carbons (Fsp3) is 0.353. The predicted molar refractivity (Wildman–Crippen MR) is 89.0 cm³/mol. The maximum atomic E-state index is 12.0. The van der Waals surface area contributed by atoms with Gasteiger partial charge in [0.25, 0.3) is 5.20 Å². The largest absolute Gasteiger partial charge is 0.441 e. The number of alkyl halides is 1. The van der Waals surface area contributed by atoms with Crippen LogP contribution in [0.2, 0.25) is 0 Å². The van der Waals surface area contributed by atoms with Crippen molar-refractivity contribution in [2.45, 2.75) is 24.5 Å². The van der Waals surface area contributed by atoms with Crippen molar-refractivity contribution in [3.63, 3.8) is 0 Å². The van der Waals surface area contributed by atoms with Crippen LogP contribution in [0.3, 0.4) is 0 Å². The van der Waals surface area contributed by atoms with Crippen molar-refractivity contribution in [1.29, 1.82) is 0 Å². The van der Waals surface area contributed by atoms with E-state index in [1.807, 2.05) is 35.3 Å². The minimum atomic E-state index is -0.413. The van der Waals surface area contributed by atoms with E-state index in [0.717, 1.165) is 43.0 Å². The molecule has 5 heteroatoms. The lowest BCUT2D eigenvalue weighted by molar-refractivity contribution is -0.126. The summed E-state index contributed by atoms with van der Waals surface area (Å²) in [6, 6.07) is 5.73. The standard InChI is InChI=1S/C17H18BrNO3/c18-17-21-14-9-8-13(12-15(14)22-17)6-2-3-7-16(20)19-10-4-1-5-11-19/h2-3,6-9,12,17H,1,4-5,10-11H2. The molecule has 2 aliphatic rings. The molecule has 4 nitrogen and oxygen atoms in total. The Kier molecular flexibility index (Phi) is 4.83. The van der Waals surface area contributed by atoms with Crippen LogP contribution in [0.15, 0.2) is 36.4 Å². The number of rotatable bonds is 3. The molecule has 0 spiro atoms. The van der Waals surface area contributed by atoms with Crippen molar-refractivity contribution in [3.8, 4) is 11.5 Å². The number of fused-ring (bicyclic) bond motifs is 1. The number of benzene rings is 1. The number of hydrogen-bond acceptors (Lipinski definition) is 3. The lowest BCUT2D eigenvalue weighted by atomic mass is 10.1. The fourth-order valence-electron chi connectivity index (χ4n) is 2.57. The van der Waals surface area contributed by atoms with Gasteiger partial charge >= 0.3 is 0 Å². The smallest absolute Gasteiger partial charge is 0.298 e. The highest BCUT2D eigenvalue weighted by Crippen LogP contribution is 2.37. The molecule has 1 fully saturated rings. The second-order valence-electron chi connectivity index (χ2n) is 5.32. The van der Waals surface area contributed by atoms with Gasteiger partial charge in [-0.3, -0.25) is 4.79 Å². The molecule has 1 aromatic rings. The van der Waals surface area contributed by atoms with Gasteiger partial charge in [-0.25, -0.2) is 0 Å². The topological polar surface area (TPSA) is 38.8 Å². The van der Waals surface area contributed by atoms with E-state index in [9.17, 15) is 4.79 Å². The molecule has 0 radical (unpaired) electrons. The monoisotopic (exact) mass is 363 g/mol. The molecule has 1 amide bonds. The first-order valence-electron chi connectivity index (χ1n) is 7.47. The zero-order chi connectivity index (χ0) is 15.4. The molecule has 1 atom stereocenters. The summed E-state index contributed by atoms with van der Waals surface area (Å²) >= 11 is 3.25. The molecule has 0 N–H and O–H groups in total. The molecule has 22 heavy (non-hydrogen) atoms. The van der Waals surface area contributed by atoms with Crippen molar-refractivity contribution in [2.24, 2.45) is 0 Å². The summed E-state index contributed by atoms with van der Waals surface area (Å²) in [5.41, 5.74) is 0.999. The van der Waals surface area contributed by atoms with E-state index >= 15 is 0 Å². The molecular formula is C17H18BrNO3. The first-order chi connectivity index (χ1) is 10.7. The van der Waals surface area contributed by atoms with Crippen LogP contribution in [0, 0.1) is 0 Å². The Morgan fingerprint density at radius 1 is 1.14 bits per heavy atom. The molecule has 0 saturated carbocycles. The van der Waals surface area contributed by atoms with Crippen molar-refractivity contribution in [1.82, 2.24) is 4.90 Å². The van der Waals surface area contributed by atoms with E-state index in [4.69, 9.17) is 9.47 Å². The van der Waals surface area contributed by atoms with Gasteiger partial charge in [0.05, 0.1) is 0 Å². The highest BCUT2D eigenvalue weighted by Gasteiger charge is 2.20. The van der Waals surface area contributed by atoms with E-state index < -0.39 is 5.20 Å². The van der Waals surface area contributed by atoms with Crippen molar-refractivity contribution in [2.75, 3.05) is 13.1 Å². The number of halogens is 1. The lowest BCUT2D eigenvalue weighted by Crippen LogP contribution is -2.34. The third-order valence-corrected chi connectivity index (χ3v) is 4.09. The number of amides is 1. The number of ether oxygens (including phenoxy) is 2. The number of hydrogen-bond donors (Lipinski definition) is 0. The number of likely N-dealkylation sites (tertiary alicyclic amines) is 1. The first kappa shape index (κ1) is 15.2. The van der Waals surface area contributed by atoms with Crippen LogP contribution in [-0.2, 0) is 4.79 Å². The van der Waals surface area contributed by atoms with Gasteiger partial charge in [-0.2, -0.15) is 0 Å². The minimum Gasteiger partial charge on any atom is -0.441 e. The molecule has 2 heterocycles. The summed E-state index contributed by atoms with van der Waals surface area (Å²) in [5, 5.41) is -0.413. The van der Waals surface area contributed by atoms with E-state index in [-0.39, 0.29) is 5.91 Å². The normalized spacial score (nSPS) is 21.0. The summed E-state index contributed by atoms with van der Waals surface area (Å²) in [7, 11) is 0. The predicted octanol–water partition coefficient (Wildman–Crippen LogP) is 3.72. The second-order valence-corrected chi connectivity index (χ2v) is 6.07. The van der Waals surface area contributed by atoms with Gasteiger partial charge in [-0.1, -0.05) is 24.3 Å². The average molecular weight is 364 g/mol. The van der Waals surface area contributed by atoms with Crippen LogP contribution in [0.4, 0.5) is 0 Å². The summed E-state index contributed by atoms with van der Waals surface area (Å²) in [5.74, 6) is 1.55. The number of piperidine rings is 1. The molecule has 2 aliphatic heterocycles. The van der Waals surface area contributed by atoms with Gasteiger partial charge in [-0.15, -0.1) is 0 Å². The van der Waals surface area contributed by atoms with E-state index in [1.165, 1.54) is 6.42 Å². The van der Waals surface area contributed by atoms with Crippen molar-refractivity contribution in [3.05, 3.63) is 42.0 Å². The Morgan fingerprint density at radius 2 is 1.91 bits per heavy atom. The molecule has 0 bridgehead atoms. The molecule has 116 valence electrons. The highest BCUT2D eigenvalue weighted by molar-refractivity contribution is 9.09. The molecule has 1 saturated heterocycles. The molecule has 3 rings (SSSR count). The Labute approximate surface area is 138 Å². The lowest BCUT2D eigenvalue weighted by Gasteiger charge is -2.25. The fourth-order valence-corrected chi connectivity index (χ4v) is 2.97. The minimum absolute atomic E-state index is 0.0946. The number of allylic oxidation sites excluding steroid dienone is 2. The van der Waals surface area contributed by atoms with Crippen LogP contribution in [0.25, 0.3) is 6.08 Å². The first-order valence-corrected chi connectivity index (χ1v) is 8.39. The molecule has 0 aliphatic carbocycles. The number of carbonyl (C=O) groups excluding carboxylic acids is 1.